The molecule has 2 nitrogen and oxygen atoms in total. The van der Waals surface area contributed by atoms with E-state index in [0.29, 0.717) is 0 Å². The van der Waals surface area contributed by atoms with E-state index in [1.54, 1.807) is 6.26 Å². The molecule has 0 aromatic rings. The molecule has 0 radical (unpaired) electrons. The van der Waals surface area contributed by atoms with Crippen molar-refractivity contribution in [1.82, 2.24) is 0 Å². The summed E-state index contributed by atoms with van der Waals surface area (Å²) in [5, 5.41) is 0. The van der Waals surface area contributed by atoms with Crippen molar-refractivity contribution in [3.8, 4) is 11.3 Å². The highest BCUT2D eigenvalue weighted by molar-refractivity contribution is 5.77. The third-order valence-electron chi connectivity index (χ3n) is 2.87. The van der Waals surface area contributed by atoms with E-state index in [9.17, 15) is 0 Å². The molecule has 2 heterocycles. The van der Waals surface area contributed by atoms with Gasteiger partial charge in [-0.15, -0.1) is 0 Å². The third-order valence-corrected chi connectivity index (χ3v) is 2.87. The summed E-state index contributed by atoms with van der Waals surface area (Å²) in [6, 6.07) is 8.23. The molecular weight excluding hydrogens is 186 g/mol. The number of fused-ring (bicyclic) bond motifs is 1. The summed E-state index contributed by atoms with van der Waals surface area (Å²) in [5.74, 6) is 0.974. The number of hydrogen-bond donors (Lipinski definition) is 0. The van der Waals surface area contributed by atoms with Gasteiger partial charge in [0.25, 0.3) is 0 Å². The first-order valence-electron chi connectivity index (χ1n) is 5.31. The van der Waals surface area contributed by atoms with Crippen LogP contribution < -0.4 is 4.90 Å². The minimum atomic E-state index is 0.974. The monoisotopic (exact) mass is 199 g/mol. The molecule has 0 saturated heterocycles. The Morgan fingerprint density at radius 3 is 3.00 bits per heavy atom. The highest BCUT2D eigenvalue weighted by atomic mass is 16.3. The van der Waals surface area contributed by atoms with Crippen molar-refractivity contribution < 1.29 is 4.42 Å². The standard InChI is InChI=1S/C13H13NO/c1-2-8-14(9-3-1)12-7-10-15-13-6-4-5-11(12)13/h1-2,4-7,10H,3,8-9H2. The first kappa shape index (κ1) is 8.60. The van der Waals surface area contributed by atoms with Crippen LogP contribution in [0, 0.1) is 0 Å². The molecule has 0 amide bonds. The molecule has 0 unspecified atom stereocenters. The molecule has 1 aliphatic carbocycles. The second kappa shape index (κ2) is 3.46. The van der Waals surface area contributed by atoms with E-state index in [1.807, 2.05) is 12.1 Å². The number of anilines is 1. The van der Waals surface area contributed by atoms with Gasteiger partial charge in [0.1, 0.15) is 5.76 Å². The Morgan fingerprint density at radius 1 is 1.13 bits per heavy atom. The van der Waals surface area contributed by atoms with Crippen LogP contribution in [0.3, 0.4) is 0 Å². The Morgan fingerprint density at radius 2 is 2.13 bits per heavy atom. The Kier molecular flexibility index (Phi) is 1.98. The summed E-state index contributed by atoms with van der Waals surface area (Å²) < 4.78 is 5.44. The lowest BCUT2D eigenvalue weighted by atomic mass is 10.1. The second-order valence-corrected chi connectivity index (χ2v) is 3.82. The van der Waals surface area contributed by atoms with Crippen LogP contribution in [0.2, 0.25) is 0 Å². The van der Waals surface area contributed by atoms with E-state index in [4.69, 9.17) is 4.42 Å². The number of hydrogen-bond acceptors (Lipinski definition) is 2. The summed E-state index contributed by atoms with van der Waals surface area (Å²) >= 11 is 0. The molecular formula is C13H13NO. The van der Waals surface area contributed by atoms with Gasteiger partial charge >= 0.3 is 0 Å². The largest absolute Gasteiger partial charge is 0.464 e. The zero-order valence-corrected chi connectivity index (χ0v) is 8.52. The van der Waals surface area contributed by atoms with Gasteiger partial charge in [0.05, 0.1) is 12.0 Å². The summed E-state index contributed by atoms with van der Waals surface area (Å²) in [6.45, 7) is 2.10. The van der Waals surface area contributed by atoms with Gasteiger partial charge in [0, 0.05) is 18.7 Å². The molecule has 0 saturated carbocycles. The third kappa shape index (κ3) is 1.42. The molecule has 15 heavy (non-hydrogen) atoms. The van der Waals surface area contributed by atoms with Crippen LogP contribution in [0.4, 0.5) is 5.69 Å². The van der Waals surface area contributed by atoms with Crippen molar-refractivity contribution in [2.75, 3.05) is 18.0 Å². The van der Waals surface area contributed by atoms with Gasteiger partial charge in [-0.2, -0.15) is 0 Å². The minimum absolute atomic E-state index is 0.974. The summed E-state index contributed by atoms with van der Waals surface area (Å²) in [6.07, 6.45) is 7.37. The van der Waals surface area contributed by atoms with Crippen LogP contribution in [0.25, 0.3) is 11.3 Å². The van der Waals surface area contributed by atoms with Crippen molar-refractivity contribution in [3.05, 3.63) is 42.7 Å². The van der Waals surface area contributed by atoms with Crippen LogP contribution in [0.1, 0.15) is 6.42 Å². The fourth-order valence-corrected chi connectivity index (χ4v) is 2.12. The molecule has 3 rings (SSSR count). The maximum Gasteiger partial charge on any atom is 0.135 e. The molecule has 0 bridgehead atoms. The lowest BCUT2D eigenvalue weighted by molar-refractivity contribution is 0.566. The fraction of sp³-hybridized carbons (Fsp3) is 0.231. The molecule has 0 atom stereocenters. The van der Waals surface area contributed by atoms with E-state index in [2.05, 4.69) is 29.2 Å². The first-order valence-corrected chi connectivity index (χ1v) is 5.31. The smallest absolute Gasteiger partial charge is 0.135 e. The van der Waals surface area contributed by atoms with E-state index >= 15 is 0 Å². The van der Waals surface area contributed by atoms with E-state index in [1.165, 1.54) is 11.3 Å². The molecule has 0 N–H and O–H groups in total. The van der Waals surface area contributed by atoms with Crippen LogP contribution >= 0.6 is 0 Å². The van der Waals surface area contributed by atoms with Crippen LogP contribution in [-0.2, 0) is 0 Å². The zero-order valence-electron chi connectivity index (χ0n) is 8.52. The lowest BCUT2D eigenvalue weighted by Gasteiger charge is -2.27. The summed E-state index contributed by atoms with van der Waals surface area (Å²) in [5.41, 5.74) is 2.50. The zero-order chi connectivity index (χ0) is 10.1. The Labute approximate surface area is 89.2 Å². The SMILES string of the molecule is C1=CCN(c2ccoc3cccc2-3)CC1. The molecule has 0 aromatic heterocycles. The van der Waals surface area contributed by atoms with E-state index < -0.39 is 0 Å². The van der Waals surface area contributed by atoms with Gasteiger partial charge in [0.15, 0.2) is 0 Å². The van der Waals surface area contributed by atoms with Crippen molar-refractivity contribution in [2.45, 2.75) is 6.42 Å². The second-order valence-electron chi connectivity index (χ2n) is 3.82. The molecule has 0 aromatic carbocycles. The van der Waals surface area contributed by atoms with E-state index in [-0.39, 0.29) is 0 Å². The molecule has 2 aliphatic heterocycles. The summed E-state index contributed by atoms with van der Waals surface area (Å²) in [4.78, 5) is 2.39. The topological polar surface area (TPSA) is 16.4 Å². The maximum atomic E-state index is 5.44. The molecule has 2 heteroatoms. The van der Waals surface area contributed by atoms with Gasteiger partial charge < -0.3 is 9.32 Å². The quantitative estimate of drug-likeness (QED) is 0.656. The van der Waals surface area contributed by atoms with Crippen molar-refractivity contribution in [3.63, 3.8) is 0 Å². The van der Waals surface area contributed by atoms with Crippen LogP contribution in [0.15, 0.2) is 47.1 Å². The summed E-state index contributed by atoms with van der Waals surface area (Å²) in [7, 11) is 0. The maximum absolute atomic E-state index is 5.44. The first-order chi connectivity index (χ1) is 7.45. The van der Waals surface area contributed by atoms with Gasteiger partial charge in [-0.25, -0.2) is 0 Å². The van der Waals surface area contributed by atoms with Gasteiger partial charge in [-0.3, -0.25) is 0 Å². The average Bonchev–Trinajstić information content (AvgIpc) is 2.78. The van der Waals surface area contributed by atoms with Crippen molar-refractivity contribution in [2.24, 2.45) is 0 Å². The lowest BCUT2D eigenvalue weighted by Crippen LogP contribution is -2.27. The number of rotatable bonds is 1. The normalized spacial score (nSPS) is 16.1. The van der Waals surface area contributed by atoms with Gasteiger partial charge in [-0.05, 0) is 24.6 Å². The number of nitrogens with zero attached hydrogens (tertiary/aromatic N) is 1. The van der Waals surface area contributed by atoms with Crippen molar-refractivity contribution in [1.29, 1.82) is 0 Å². The fourth-order valence-electron chi connectivity index (χ4n) is 2.12. The predicted molar refractivity (Wildman–Crippen MR) is 61.3 cm³/mol. The Balaban J connectivity index is 2.03. The Hall–Kier alpha value is -1.70. The molecule has 3 aliphatic rings. The minimum Gasteiger partial charge on any atom is -0.464 e. The average molecular weight is 199 g/mol. The van der Waals surface area contributed by atoms with Crippen LogP contribution in [0.5, 0.6) is 0 Å². The molecule has 76 valence electrons. The Bertz CT molecular complexity index is 458. The van der Waals surface area contributed by atoms with Gasteiger partial charge in [0.2, 0.25) is 0 Å². The van der Waals surface area contributed by atoms with E-state index in [0.717, 1.165) is 25.3 Å². The van der Waals surface area contributed by atoms with Gasteiger partial charge in [-0.1, -0.05) is 18.2 Å². The predicted octanol–water partition coefficient (Wildman–Crippen LogP) is 3.15. The molecule has 0 spiro atoms. The molecule has 0 fully saturated rings. The highest BCUT2D eigenvalue weighted by Crippen LogP contribution is 2.33. The van der Waals surface area contributed by atoms with Crippen molar-refractivity contribution >= 4 is 5.69 Å². The van der Waals surface area contributed by atoms with Crippen LogP contribution in [-0.4, -0.2) is 13.1 Å². The highest BCUT2D eigenvalue weighted by Gasteiger charge is 2.15.